The predicted molar refractivity (Wildman–Crippen MR) is 110 cm³/mol. The van der Waals surface area contributed by atoms with Crippen molar-refractivity contribution in [2.75, 3.05) is 16.2 Å². The van der Waals surface area contributed by atoms with Gasteiger partial charge in [-0.3, -0.25) is 9.52 Å². The summed E-state index contributed by atoms with van der Waals surface area (Å²) in [6.07, 6.45) is 1.55. The minimum absolute atomic E-state index is 0.177. The van der Waals surface area contributed by atoms with Crippen molar-refractivity contribution in [3.63, 3.8) is 0 Å². The molecule has 0 aromatic heterocycles. The molecule has 0 saturated carbocycles. The lowest BCUT2D eigenvalue weighted by Crippen LogP contribution is -2.35. The fraction of sp³-hybridized carbons (Fsp3) is 0.136. The van der Waals surface area contributed by atoms with Crippen LogP contribution in [0.3, 0.4) is 0 Å². The SMILES string of the molecule is O=C(c1ccccc1)N1CCCc2ccc(NS(=O)(=O)c3cc(F)cc(F)c3)cc21. The van der Waals surface area contributed by atoms with E-state index in [0.29, 0.717) is 23.9 Å². The van der Waals surface area contributed by atoms with Crippen LogP contribution in [0.1, 0.15) is 22.3 Å². The largest absolute Gasteiger partial charge is 0.308 e. The van der Waals surface area contributed by atoms with Crippen molar-refractivity contribution < 1.29 is 22.0 Å². The smallest absolute Gasteiger partial charge is 0.262 e. The highest BCUT2D eigenvalue weighted by atomic mass is 32.2. The fourth-order valence-corrected chi connectivity index (χ4v) is 4.57. The second-order valence-electron chi connectivity index (χ2n) is 6.98. The number of carbonyl (C=O) groups is 1. The van der Waals surface area contributed by atoms with Crippen LogP contribution in [0, 0.1) is 11.6 Å². The summed E-state index contributed by atoms with van der Waals surface area (Å²) in [5.74, 6) is -2.15. The third-order valence-corrected chi connectivity index (χ3v) is 6.23. The molecular weight excluding hydrogens is 410 g/mol. The topological polar surface area (TPSA) is 66.5 Å². The molecule has 0 aliphatic carbocycles. The van der Waals surface area contributed by atoms with E-state index in [9.17, 15) is 22.0 Å². The number of sulfonamides is 1. The van der Waals surface area contributed by atoms with Gasteiger partial charge in [0.1, 0.15) is 11.6 Å². The summed E-state index contributed by atoms with van der Waals surface area (Å²) in [6, 6.07) is 15.8. The summed E-state index contributed by atoms with van der Waals surface area (Å²) in [4.78, 5) is 14.1. The number of amides is 1. The van der Waals surface area contributed by atoms with Gasteiger partial charge in [0.15, 0.2) is 0 Å². The standard InChI is InChI=1S/C22H18F2N2O3S/c23-17-11-18(24)13-20(12-17)30(28,29)25-19-9-8-15-7-4-10-26(21(15)14-19)22(27)16-5-2-1-3-6-16/h1-3,5-6,8-9,11-14,25H,4,7,10H2. The quantitative estimate of drug-likeness (QED) is 0.672. The van der Waals surface area contributed by atoms with Gasteiger partial charge in [-0.05, 0) is 54.8 Å². The van der Waals surface area contributed by atoms with Gasteiger partial charge in [-0.15, -0.1) is 0 Å². The minimum atomic E-state index is -4.21. The molecule has 0 radical (unpaired) electrons. The second kappa shape index (κ2) is 7.87. The number of anilines is 2. The Hall–Kier alpha value is -3.26. The number of aryl methyl sites for hydroxylation is 1. The first-order chi connectivity index (χ1) is 14.3. The zero-order valence-corrected chi connectivity index (χ0v) is 16.6. The fourth-order valence-electron chi connectivity index (χ4n) is 3.48. The lowest BCUT2D eigenvalue weighted by atomic mass is 10.00. The summed E-state index contributed by atoms with van der Waals surface area (Å²) in [5, 5.41) is 0. The van der Waals surface area contributed by atoms with Crippen molar-refractivity contribution in [2.24, 2.45) is 0 Å². The molecule has 5 nitrogen and oxygen atoms in total. The summed E-state index contributed by atoms with van der Waals surface area (Å²) >= 11 is 0. The van der Waals surface area contributed by atoms with E-state index < -0.39 is 26.6 Å². The number of nitrogens with one attached hydrogen (secondary N) is 1. The van der Waals surface area contributed by atoms with Crippen molar-refractivity contribution in [3.05, 3.63) is 89.5 Å². The summed E-state index contributed by atoms with van der Waals surface area (Å²) in [5.41, 5.74) is 2.27. The molecule has 1 N–H and O–H groups in total. The van der Waals surface area contributed by atoms with Crippen LogP contribution in [0.4, 0.5) is 20.2 Å². The number of nitrogens with zero attached hydrogens (tertiary/aromatic N) is 1. The lowest BCUT2D eigenvalue weighted by Gasteiger charge is -2.30. The molecule has 0 atom stereocenters. The highest BCUT2D eigenvalue weighted by Gasteiger charge is 2.25. The Morgan fingerprint density at radius 3 is 2.33 bits per heavy atom. The van der Waals surface area contributed by atoms with Crippen LogP contribution in [0.15, 0.2) is 71.6 Å². The van der Waals surface area contributed by atoms with Crippen LogP contribution in [0.5, 0.6) is 0 Å². The van der Waals surface area contributed by atoms with E-state index in [1.165, 1.54) is 0 Å². The van der Waals surface area contributed by atoms with Crippen molar-refractivity contribution >= 4 is 27.3 Å². The molecular formula is C22H18F2N2O3S. The Morgan fingerprint density at radius 1 is 0.933 bits per heavy atom. The van der Waals surface area contributed by atoms with Crippen molar-refractivity contribution in [1.29, 1.82) is 0 Å². The van der Waals surface area contributed by atoms with E-state index in [0.717, 1.165) is 30.5 Å². The number of benzene rings is 3. The van der Waals surface area contributed by atoms with Gasteiger partial charge in [-0.25, -0.2) is 17.2 Å². The van der Waals surface area contributed by atoms with E-state index in [1.807, 2.05) is 6.07 Å². The van der Waals surface area contributed by atoms with Gasteiger partial charge in [-0.2, -0.15) is 0 Å². The average molecular weight is 428 g/mol. The number of rotatable bonds is 4. The van der Waals surface area contributed by atoms with Gasteiger partial charge in [0.25, 0.3) is 15.9 Å². The highest BCUT2D eigenvalue weighted by molar-refractivity contribution is 7.92. The maximum atomic E-state index is 13.4. The predicted octanol–water partition coefficient (Wildman–Crippen LogP) is 4.36. The Balaban J connectivity index is 1.66. The van der Waals surface area contributed by atoms with Gasteiger partial charge in [0.2, 0.25) is 0 Å². The lowest BCUT2D eigenvalue weighted by molar-refractivity contribution is 0.0985. The van der Waals surface area contributed by atoms with Gasteiger partial charge in [0.05, 0.1) is 10.6 Å². The summed E-state index contributed by atoms with van der Waals surface area (Å²) in [7, 11) is -4.21. The van der Waals surface area contributed by atoms with Gasteiger partial charge < -0.3 is 4.90 Å². The first-order valence-corrected chi connectivity index (χ1v) is 10.8. The van der Waals surface area contributed by atoms with Crippen molar-refractivity contribution in [1.82, 2.24) is 0 Å². The number of fused-ring (bicyclic) bond motifs is 1. The number of carbonyl (C=O) groups excluding carboxylic acids is 1. The minimum Gasteiger partial charge on any atom is -0.308 e. The number of hydrogen-bond acceptors (Lipinski definition) is 3. The van der Waals surface area contributed by atoms with Crippen LogP contribution in [0.2, 0.25) is 0 Å². The Kier molecular flexibility index (Phi) is 5.26. The Labute approximate surface area is 173 Å². The monoisotopic (exact) mass is 428 g/mol. The molecule has 3 aromatic rings. The first kappa shape index (κ1) is 20.0. The van der Waals surface area contributed by atoms with Crippen molar-refractivity contribution in [3.8, 4) is 0 Å². The normalized spacial score (nSPS) is 13.6. The molecule has 0 saturated heterocycles. The molecule has 0 bridgehead atoms. The molecule has 8 heteroatoms. The molecule has 0 fully saturated rings. The van der Waals surface area contributed by atoms with Crippen LogP contribution in [0.25, 0.3) is 0 Å². The molecule has 1 aliphatic heterocycles. The maximum absolute atomic E-state index is 13.4. The molecule has 1 heterocycles. The third-order valence-electron chi connectivity index (χ3n) is 4.87. The number of hydrogen-bond donors (Lipinski definition) is 1. The summed E-state index contributed by atoms with van der Waals surface area (Å²) in [6.45, 7) is 0.506. The number of halogens is 2. The zero-order chi connectivity index (χ0) is 21.3. The van der Waals surface area contributed by atoms with Crippen molar-refractivity contribution in [2.45, 2.75) is 17.7 Å². The van der Waals surface area contributed by atoms with Crippen LogP contribution in [-0.2, 0) is 16.4 Å². The zero-order valence-electron chi connectivity index (χ0n) is 15.8. The third kappa shape index (κ3) is 4.04. The second-order valence-corrected chi connectivity index (χ2v) is 8.66. The molecule has 1 amide bonds. The van der Waals surface area contributed by atoms with Gasteiger partial charge >= 0.3 is 0 Å². The molecule has 0 unspecified atom stereocenters. The first-order valence-electron chi connectivity index (χ1n) is 9.32. The van der Waals surface area contributed by atoms with Crippen LogP contribution >= 0.6 is 0 Å². The van der Waals surface area contributed by atoms with Gasteiger partial charge in [0, 0.05) is 23.9 Å². The van der Waals surface area contributed by atoms with Gasteiger partial charge in [-0.1, -0.05) is 24.3 Å². The average Bonchev–Trinajstić information content (AvgIpc) is 2.72. The Morgan fingerprint density at radius 2 is 1.63 bits per heavy atom. The Bertz CT molecular complexity index is 1190. The molecule has 3 aromatic carbocycles. The summed E-state index contributed by atoms with van der Waals surface area (Å²) < 4.78 is 54.4. The van der Waals surface area contributed by atoms with E-state index >= 15 is 0 Å². The molecule has 0 spiro atoms. The van der Waals surface area contributed by atoms with Crippen LogP contribution in [-0.4, -0.2) is 20.9 Å². The molecule has 154 valence electrons. The highest BCUT2D eigenvalue weighted by Crippen LogP contribution is 2.32. The molecule has 4 rings (SSSR count). The maximum Gasteiger partial charge on any atom is 0.262 e. The molecule has 1 aliphatic rings. The van der Waals surface area contributed by atoms with E-state index in [1.54, 1.807) is 47.4 Å². The van der Waals surface area contributed by atoms with E-state index in [-0.39, 0.29) is 11.6 Å². The molecule has 30 heavy (non-hydrogen) atoms. The van der Waals surface area contributed by atoms with E-state index in [2.05, 4.69) is 4.72 Å². The van der Waals surface area contributed by atoms with Crippen LogP contribution < -0.4 is 9.62 Å². The van der Waals surface area contributed by atoms with E-state index in [4.69, 9.17) is 0 Å².